The van der Waals surface area contributed by atoms with E-state index in [-0.39, 0.29) is 0 Å². The Morgan fingerprint density at radius 3 is 2.85 bits per heavy atom. The fraction of sp³-hybridized carbons (Fsp3) is 0.294. The zero-order valence-electron chi connectivity index (χ0n) is 11.3. The minimum absolute atomic E-state index is 0.469. The standard InChI is InChI=1S/C17H16BrClO/c1-11-6-15(18)8-13(9-19)17(11)20-10-14-7-12-4-2-3-5-16(12)14/h2-6,8,14H,7,9-10H2,1H3. The van der Waals surface area contributed by atoms with Crippen LogP contribution in [0.1, 0.15) is 28.2 Å². The van der Waals surface area contributed by atoms with Crippen LogP contribution in [0.5, 0.6) is 5.75 Å². The van der Waals surface area contributed by atoms with E-state index >= 15 is 0 Å². The quantitative estimate of drug-likeness (QED) is 0.687. The van der Waals surface area contributed by atoms with Gasteiger partial charge < -0.3 is 4.74 Å². The van der Waals surface area contributed by atoms with Crippen LogP contribution in [0.3, 0.4) is 0 Å². The molecule has 0 aromatic heterocycles. The summed E-state index contributed by atoms with van der Waals surface area (Å²) in [5.74, 6) is 1.92. The van der Waals surface area contributed by atoms with Gasteiger partial charge in [0, 0.05) is 16.0 Å². The summed E-state index contributed by atoms with van der Waals surface area (Å²) in [7, 11) is 0. The molecule has 1 aliphatic carbocycles. The summed E-state index contributed by atoms with van der Waals surface area (Å²) >= 11 is 9.52. The molecule has 0 heterocycles. The molecule has 0 spiro atoms. The first kappa shape index (κ1) is 14.0. The second-order valence-corrected chi connectivity index (χ2v) is 6.44. The number of fused-ring (bicyclic) bond motifs is 1. The van der Waals surface area contributed by atoms with Crippen LogP contribution in [0.25, 0.3) is 0 Å². The van der Waals surface area contributed by atoms with Gasteiger partial charge in [0.2, 0.25) is 0 Å². The first-order valence-electron chi connectivity index (χ1n) is 6.74. The van der Waals surface area contributed by atoms with Crippen LogP contribution in [-0.2, 0) is 12.3 Å². The lowest BCUT2D eigenvalue weighted by atomic mass is 9.78. The number of benzene rings is 2. The molecule has 1 unspecified atom stereocenters. The molecule has 0 radical (unpaired) electrons. The lowest BCUT2D eigenvalue weighted by molar-refractivity contribution is 0.272. The second kappa shape index (κ2) is 5.79. The largest absolute Gasteiger partial charge is 0.492 e. The Morgan fingerprint density at radius 1 is 1.30 bits per heavy atom. The molecule has 1 atom stereocenters. The zero-order chi connectivity index (χ0) is 14.1. The van der Waals surface area contributed by atoms with Crippen LogP contribution >= 0.6 is 27.5 Å². The van der Waals surface area contributed by atoms with Gasteiger partial charge in [0.15, 0.2) is 0 Å². The second-order valence-electron chi connectivity index (χ2n) is 5.26. The fourth-order valence-corrected chi connectivity index (χ4v) is 3.62. The van der Waals surface area contributed by atoms with E-state index in [4.69, 9.17) is 16.3 Å². The van der Waals surface area contributed by atoms with Gasteiger partial charge in [0.25, 0.3) is 0 Å². The molecule has 2 aromatic rings. The molecule has 0 bridgehead atoms. The fourth-order valence-electron chi connectivity index (χ4n) is 2.80. The molecule has 0 N–H and O–H groups in total. The maximum Gasteiger partial charge on any atom is 0.126 e. The molecule has 0 fully saturated rings. The highest BCUT2D eigenvalue weighted by atomic mass is 79.9. The molecule has 0 aliphatic heterocycles. The molecule has 0 saturated carbocycles. The highest BCUT2D eigenvalue weighted by molar-refractivity contribution is 9.10. The van der Waals surface area contributed by atoms with Crippen molar-refractivity contribution >= 4 is 27.5 Å². The third-order valence-corrected chi connectivity index (χ3v) is 4.60. The van der Waals surface area contributed by atoms with Crippen LogP contribution in [0.15, 0.2) is 40.9 Å². The Hall–Kier alpha value is -0.990. The van der Waals surface area contributed by atoms with Gasteiger partial charge in [-0.2, -0.15) is 0 Å². The van der Waals surface area contributed by atoms with Crippen molar-refractivity contribution in [2.45, 2.75) is 25.1 Å². The molecule has 3 rings (SSSR count). The molecular formula is C17H16BrClO. The van der Waals surface area contributed by atoms with E-state index in [1.165, 1.54) is 11.1 Å². The molecule has 1 nitrogen and oxygen atoms in total. The number of hydrogen-bond acceptors (Lipinski definition) is 1. The maximum absolute atomic E-state index is 6.07. The Labute approximate surface area is 133 Å². The summed E-state index contributed by atoms with van der Waals surface area (Å²) in [4.78, 5) is 0. The Bertz CT molecular complexity index is 639. The molecule has 3 heteroatoms. The summed E-state index contributed by atoms with van der Waals surface area (Å²) in [6, 6.07) is 12.7. The van der Waals surface area contributed by atoms with Crippen molar-refractivity contribution in [3.63, 3.8) is 0 Å². The van der Waals surface area contributed by atoms with Crippen molar-refractivity contribution in [1.82, 2.24) is 0 Å². The summed E-state index contributed by atoms with van der Waals surface area (Å²) in [5, 5.41) is 0. The van der Waals surface area contributed by atoms with Gasteiger partial charge in [-0.05, 0) is 42.2 Å². The summed E-state index contributed by atoms with van der Waals surface area (Å²) in [5.41, 5.74) is 5.05. The van der Waals surface area contributed by atoms with Crippen molar-refractivity contribution in [1.29, 1.82) is 0 Å². The first-order chi connectivity index (χ1) is 9.69. The van der Waals surface area contributed by atoms with E-state index in [0.29, 0.717) is 11.8 Å². The van der Waals surface area contributed by atoms with E-state index in [2.05, 4.69) is 53.2 Å². The van der Waals surface area contributed by atoms with Crippen molar-refractivity contribution in [2.24, 2.45) is 0 Å². The van der Waals surface area contributed by atoms with Gasteiger partial charge in [-0.15, -0.1) is 11.6 Å². The minimum atomic E-state index is 0.469. The van der Waals surface area contributed by atoms with Crippen LogP contribution in [0.4, 0.5) is 0 Å². The van der Waals surface area contributed by atoms with E-state index in [1.54, 1.807) is 0 Å². The van der Waals surface area contributed by atoms with Crippen LogP contribution in [0, 0.1) is 6.92 Å². The molecule has 0 amide bonds. The summed E-state index contributed by atoms with van der Waals surface area (Å²) in [6.07, 6.45) is 1.11. The van der Waals surface area contributed by atoms with Crippen LogP contribution < -0.4 is 4.74 Å². The third kappa shape index (κ3) is 2.59. The lowest BCUT2D eigenvalue weighted by Gasteiger charge is -2.30. The topological polar surface area (TPSA) is 9.23 Å². The molecular weight excluding hydrogens is 336 g/mol. The normalized spacial score (nSPS) is 16.4. The molecule has 20 heavy (non-hydrogen) atoms. The Kier molecular flexibility index (Phi) is 4.04. The van der Waals surface area contributed by atoms with E-state index in [0.717, 1.165) is 34.4 Å². The maximum atomic E-state index is 6.07. The number of ether oxygens (including phenoxy) is 1. The van der Waals surface area contributed by atoms with Gasteiger partial charge in [0.1, 0.15) is 5.75 Å². The predicted octanol–water partition coefficient (Wildman–Crippen LogP) is 5.22. The lowest BCUT2D eigenvalue weighted by Crippen LogP contribution is -2.23. The highest BCUT2D eigenvalue weighted by Crippen LogP contribution is 2.36. The predicted molar refractivity (Wildman–Crippen MR) is 86.8 cm³/mol. The summed E-state index contributed by atoms with van der Waals surface area (Å²) in [6.45, 7) is 2.79. The number of rotatable bonds is 4. The SMILES string of the molecule is Cc1cc(Br)cc(CCl)c1OCC1Cc2ccccc21. The summed E-state index contributed by atoms with van der Waals surface area (Å²) < 4.78 is 7.12. The van der Waals surface area contributed by atoms with E-state index in [9.17, 15) is 0 Å². The molecule has 2 aromatic carbocycles. The van der Waals surface area contributed by atoms with Gasteiger partial charge in [0.05, 0.1) is 12.5 Å². The van der Waals surface area contributed by atoms with Gasteiger partial charge in [-0.3, -0.25) is 0 Å². The minimum Gasteiger partial charge on any atom is -0.492 e. The average molecular weight is 352 g/mol. The van der Waals surface area contributed by atoms with Gasteiger partial charge in [-0.25, -0.2) is 0 Å². The van der Waals surface area contributed by atoms with Crippen LogP contribution in [-0.4, -0.2) is 6.61 Å². The number of alkyl halides is 1. The zero-order valence-corrected chi connectivity index (χ0v) is 13.7. The average Bonchev–Trinajstić information content (AvgIpc) is 2.41. The van der Waals surface area contributed by atoms with Crippen molar-refractivity contribution in [3.8, 4) is 5.75 Å². The van der Waals surface area contributed by atoms with Crippen LogP contribution in [0.2, 0.25) is 0 Å². The van der Waals surface area contributed by atoms with Crippen molar-refractivity contribution < 1.29 is 4.74 Å². The third-order valence-electron chi connectivity index (χ3n) is 3.85. The Morgan fingerprint density at radius 2 is 2.10 bits per heavy atom. The molecule has 104 valence electrons. The number of hydrogen-bond donors (Lipinski definition) is 0. The highest BCUT2D eigenvalue weighted by Gasteiger charge is 2.26. The molecule has 1 aliphatic rings. The number of halogens is 2. The van der Waals surface area contributed by atoms with E-state index < -0.39 is 0 Å². The monoisotopic (exact) mass is 350 g/mol. The smallest absolute Gasteiger partial charge is 0.126 e. The Balaban J connectivity index is 1.74. The van der Waals surface area contributed by atoms with Crippen molar-refractivity contribution in [2.75, 3.05) is 6.61 Å². The molecule has 0 saturated heterocycles. The van der Waals surface area contributed by atoms with Gasteiger partial charge >= 0.3 is 0 Å². The first-order valence-corrected chi connectivity index (χ1v) is 8.07. The van der Waals surface area contributed by atoms with Crippen molar-refractivity contribution in [3.05, 3.63) is 63.1 Å². The van der Waals surface area contributed by atoms with E-state index in [1.807, 2.05) is 6.07 Å². The van der Waals surface area contributed by atoms with Gasteiger partial charge in [-0.1, -0.05) is 40.2 Å². The number of aryl methyl sites for hydroxylation is 1.